The van der Waals surface area contributed by atoms with Gasteiger partial charge in [0.2, 0.25) is 5.88 Å². The predicted molar refractivity (Wildman–Crippen MR) is 79.0 cm³/mol. The van der Waals surface area contributed by atoms with Crippen LogP contribution in [0, 0.1) is 0 Å². The van der Waals surface area contributed by atoms with E-state index >= 15 is 0 Å². The van der Waals surface area contributed by atoms with Crippen molar-refractivity contribution in [2.45, 2.75) is 69.9 Å². The Kier molecular flexibility index (Phi) is 4.51. The second kappa shape index (κ2) is 6.53. The summed E-state index contributed by atoms with van der Waals surface area (Å²) in [5.41, 5.74) is 2.48. The molecule has 1 saturated carbocycles. The van der Waals surface area contributed by atoms with Crippen LogP contribution in [0.1, 0.15) is 56.2 Å². The molecule has 1 N–H and O–H groups in total. The molecule has 0 radical (unpaired) electrons. The summed E-state index contributed by atoms with van der Waals surface area (Å²) in [5, 5.41) is 3.40. The molecule has 1 aromatic rings. The first-order valence-corrected chi connectivity index (χ1v) is 8.05. The van der Waals surface area contributed by atoms with Crippen molar-refractivity contribution in [2.24, 2.45) is 0 Å². The molecule has 1 fully saturated rings. The third-order valence-electron chi connectivity index (χ3n) is 4.67. The largest absolute Gasteiger partial charge is 0.472 e. The zero-order chi connectivity index (χ0) is 13.8. The molecule has 2 unspecified atom stereocenters. The van der Waals surface area contributed by atoms with Gasteiger partial charge in [-0.15, -0.1) is 0 Å². The van der Waals surface area contributed by atoms with Crippen LogP contribution in [0.15, 0.2) is 6.33 Å². The molecule has 2 aliphatic rings. The highest BCUT2D eigenvalue weighted by Crippen LogP contribution is 2.29. The van der Waals surface area contributed by atoms with Crippen molar-refractivity contribution in [3.8, 4) is 5.88 Å². The van der Waals surface area contributed by atoms with Gasteiger partial charge in [-0.05, 0) is 52.0 Å². The molecule has 2 atom stereocenters. The van der Waals surface area contributed by atoms with Gasteiger partial charge in [-0.1, -0.05) is 12.8 Å². The third-order valence-corrected chi connectivity index (χ3v) is 4.67. The SMILES string of the molecule is CNC1CCCCC1Oc1ncnc2c1CCCCC2. The summed E-state index contributed by atoms with van der Waals surface area (Å²) in [5.74, 6) is 0.851. The van der Waals surface area contributed by atoms with Crippen LogP contribution in [-0.2, 0) is 12.8 Å². The van der Waals surface area contributed by atoms with E-state index in [9.17, 15) is 0 Å². The number of ether oxygens (including phenoxy) is 1. The first kappa shape index (κ1) is 13.8. The number of likely N-dealkylation sites (N-methyl/N-ethyl adjacent to an activating group) is 1. The normalized spacial score (nSPS) is 26.6. The maximum absolute atomic E-state index is 6.30. The standard InChI is InChI=1S/C16H25N3O/c1-17-14-9-5-6-10-15(14)20-16-12-7-3-2-4-8-13(12)18-11-19-16/h11,14-15,17H,2-10H2,1H3. The van der Waals surface area contributed by atoms with Crippen molar-refractivity contribution in [1.82, 2.24) is 15.3 Å². The van der Waals surface area contributed by atoms with Crippen molar-refractivity contribution >= 4 is 0 Å². The topological polar surface area (TPSA) is 47.0 Å². The summed E-state index contributed by atoms with van der Waals surface area (Å²) in [6.07, 6.45) is 12.7. The molecule has 2 aliphatic carbocycles. The molecule has 4 heteroatoms. The Bertz CT molecular complexity index is 449. The van der Waals surface area contributed by atoms with Crippen LogP contribution in [0.3, 0.4) is 0 Å². The second-order valence-electron chi connectivity index (χ2n) is 6.00. The number of nitrogens with one attached hydrogen (secondary N) is 1. The van der Waals surface area contributed by atoms with Gasteiger partial charge < -0.3 is 10.1 Å². The molecule has 1 heterocycles. The summed E-state index contributed by atoms with van der Waals surface area (Å²) in [6, 6.07) is 0.458. The van der Waals surface area contributed by atoms with Crippen LogP contribution >= 0.6 is 0 Å². The molecule has 0 saturated heterocycles. The van der Waals surface area contributed by atoms with E-state index in [-0.39, 0.29) is 6.10 Å². The minimum absolute atomic E-state index is 0.260. The summed E-state index contributed by atoms with van der Waals surface area (Å²) in [4.78, 5) is 8.90. The summed E-state index contributed by atoms with van der Waals surface area (Å²) < 4.78 is 6.30. The maximum Gasteiger partial charge on any atom is 0.220 e. The number of rotatable bonds is 3. The van der Waals surface area contributed by atoms with E-state index in [0.717, 1.165) is 25.1 Å². The Balaban J connectivity index is 1.79. The molecule has 110 valence electrons. The summed E-state index contributed by atoms with van der Waals surface area (Å²) in [6.45, 7) is 0. The van der Waals surface area contributed by atoms with Crippen molar-refractivity contribution < 1.29 is 4.74 Å². The molecular weight excluding hydrogens is 250 g/mol. The van der Waals surface area contributed by atoms with Crippen LogP contribution in [-0.4, -0.2) is 29.2 Å². The van der Waals surface area contributed by atoms with Gasteiger partial charge in [-0.25, -0.2) is 9.97 Å². The van der Waals surface area contributed by atoms with Crippen LogP contribution < -0.4 is 10.1 Å². The molecule has 20 heavy (non-hydrogen) atoms. The average Bonchev–Trinajstić information content (AvgIpc) is 2.74. The highest BCUT2D eigenvalue weighted by Gasteiger charge is 2.27. The van der Waals surface area contributed by atoms with Gasteiger partial charge in [0.15, 0.2) is 0 Å². The van der Waals surface area contributed by atoms with Gasteiger partial charge in [0.25, 0.3) is 0 Å². The van der Waals surface area contributed by atoms with Gasteiger partial charge in [-0.3, -0.25) is 0 Å². The third kappa shape index (κ3) is 2.95. The highest BCUT2D eigenvalue weighted by atomic mass is 16.5. The number of aromatic nitrogens is 2. The molecular formula is C16H25N3O. The van der Waals surface area contributed by atoms with Crippen LogP contribution in [0.2, 0.25) is 0 Å². The zero-order valence-corrected chi connectivity index (χ0v) is 12.4. The highest BCUT2D eigenvalue weighted by molar-refractivity contribution is 5.31. The lowest BCUT2D eigenvalue weighted by Crippen LogP contribution is -2.43. The number of hydrogen-bond acceptors (Lipinski definition) is 4. The quantitative estimate of drug-likeness (QED) is 0.862. The van der Waals surface area contributed by atoms with Gasteiger partial charge in [-0.2, -0.15) is 0 Å². The van der Waals surface area contributed by atoms with E-state index in [4.69, 9.17) is 4.74 Å². The second-order valence-corrected chi connectivity index (χ2v) is 6.00. The Morgan fingerprint density at radius 3 is 2.80 bits per heavy atom. The average molecular weight is 275 g/mol. The minimum atomic E-state index is 0.260. The molecule has 0 spiro atoms. The van der Waals surface area contributed by atoms with Crippen molar-refractivity contribution in [1.29, 1.82) is 0 Å². The molecule has 0 aromatic carbocycles. The smallest absolute Gasteiger partial charge is 0.220 e. The Labute approximate surface area is 121 Å². The van der Waals surface area contributed by atoms with E-state index in [1.807, 2.05) is 7.05 Å². The van der Waals surface area contributed by atoms with E-state index < -0.39 is 0 Å². The first-order valence-electron chi connectivity index (χ1n) is 8.05. The fraction of sp³-hybridized carbons (Fsp3) is 0.750. The lowest BCUT2D eigenvalue weighted by molar-refractivity contribution is 0.111. The Hall–Kier alpha value is -1.16. The van der Waals surface area contributed by atoms with E-state index in [1.165, 1.54) is 49.8 Å². The molecule has 3 rings (SSSR count). The van der Waals surface area contributed by atoms with E-state index in [2.05, 4.69) is 15.3 Å². The summed E-state index contributed by atoms with van der Waals surface area (Å²) in [7, 11) is 2.03. The minimum Gasteiger partial charge on any atom is -0.472 e. The van der Waals surface area contributed by atoms with Gasteiger partial charge >= 0.3 is 0 Å². The van der Waals surface area contributed by atoms with E-state index in [1.54, 1.807) is 6.33 Å². The fourth-order valence-electron chi connectivity index (χ4n) is 3.48. The number of hydrogen-bond donors (Lipinski definition) is 1. The summed E-state index contributed by atoms with van der Waals surface area (Å²) >= 11 is 0. The number of fused-ring (bicyclic) bond motifs is 1. The van der Waals surface area contributed by atoms with Crippen LogP contribution in [0.5, 0.6) is 5.88 Å². The lowest BCUT2D eigenvalue weighted by atomic mass is 9.92. The van der Waals surface area contributed by atoms with Crippen molar-refractivity contribution in [3.05, 3.63) is 17.6 Å². The molecule has 0 bridgehead atoms. The Morgan fingerprint density at radius 2 is 1.90 bits per heavy atom. The van der Waals surface area contributed by atoms with Crippen LogP contribution in [0.4, 0.5) is 0 Å². The first-order chi connectivity index (χ1) is 9.88. The fourth-order valence-corrected chi connectivity index (χ4v) is 3.48. The number of nitrogens with zero attached hydrogens (tertiary/aromatic N) is 2. The van der Waals surface area contributed by atoms with Crippen molar-refractivity contribution in [3.63, 3.8) is 0 Å². The van der Waals surface area contributed by atoms with Gasteiger partial charge in [0.05, 0.1) is 5.69 Å². The predicted octanol–water partition coefficient (Wildman–Crippen LogP) is 2.65. The monoisotopic (exact) mass is 275 g/mol. The maximum atomic E-state index is 6.30. The number of aryl methyl sites for hydroxylation is 1. The van der Waals surface area contributed by atoms with Crippen molar-refractivity contribution in [2.75, 3.05) is 7.05 Å². The molecule has 1 aromatic heterocycles. The lowest BCUT2D eigenvalue weighted by Gasteiger charge is -2.31. The van der Waals surface area contributed by atoms with Crippen LogP contribution in [0.25, 0.3) is 0 Å². The molecule has 0 amide bonds. The van der Waals surface area contributed by atoms with Gasteiger partial charge in [0.1, 0.15) is 12.4 Å². The molecule has 4 nitrogen and oxygen atoms in total. The van der Waals surface area contributed by atoms with E-state index in [0.29, 0.717) is 6.04 Å². The Morgan fingerprint density at radius 1 is 1.05 bits per heavy atom. The van der Waals surface area contributed by atoms with Gasteiger partial charge in [0, 0.05) is 11.6 Å². The molecule has 0 aliphatic heterocycles. The zero-order valence-electron chi connectivity index (χ0n) is 12.4.